The van der Waals surface area contributed by atoms with Crippen LogP contribution in [0.25, 0.3) is 0 Å². The minimum atomic E-state index is -0.429. The molecule has 0 saturated carbocycles. The summed E-state index contributed by atoms with van der Waals surface area (Å²) in [4.78, 5) is 14.1. The first-order chi connectivity index (χ1) is 9.45. The molecule has 1 fully saturated rings. The summed E-state index contributed by atoms with van der Waals surface area (Å²) < 4.78 is 20.9. The van der Waals surface area contributed by atoms with E-state index in [0.717, 1.165) is 0 Å². The van der Waals surface area contributed by atoms with E-state index in [4.69, 9.17) is 18.7 Å². The van der Waals surface area contributed by atoms with Gasteiger partial charge < -0.3 is 23.6 Å². The number of nitrogens with zero attached hydrogens (tertiary/aromatic N) is 2. The van der Waals surface area contributed by atoms with Crippen LogP contribution in [0.15, 0.2) is 10.6 Å². The molecular formula is C13H20N2O5. The first-order valence-electron chi connectivity index (χ1n) is 6.42. The maximum atomic E-state index is 12.4. The average Bonchev–Trinajstić information content (AvgIpc) is 2.85. The lowest BCUT2D eigenvalue weighted by Crippen LogP contribution is -2.55. The Hall–Kier alpha value is -1.60. The first kappa shape index (κ1) is 14.8. The molecule has 1 amide bonds. The molecule has 0 aliphatic carbocycles. The van der Waals surface area contributed by atoms with Crippen molar-refractivity contribution in [2.45, 2.75) is 25.6 Å². The van der Waals surface area contributed by atoms with Crippen LogP contribution in [0.4, 0.5) is 0 Å². The average molecular weight is 284 g/mol. The van der Waals surface area contributed by atoms with Gasteiger partial charge in [-0.3, -0.25) is 4.79 Å². The van der Waals surface area contributed by atoms with Gasteiger partial charge in [0.25, 0.3) is 11.8 Å². The topological polar surface area (TPSA) is 74.0 Å². The molecule has 1 atom stereocenters. The highest BCUT2D eigenvalue weighted by molar-refractivity contribution is 5.91. The molecule has 2 heterocycles. The second-order valence-electron chi connectivity index (χ2n) is 5.37. The standard InChI is InChI=1S/C13H20N2O5/c1-13(2)8-15(6-9(19-13)7-17-3)12(16)10-5-11(18-4)14-20-10/h5,9H,6-8H2,1-4H3/t9-/m0/s1. The molecule has 0 bridgehead atoms. The van der Waals surface area contributed by atoms with Crippen LogP contribution in [0.3, 0.4) is 0 Å². The summed E-state index contributed by atoms with van der Waals surface area (Å²) in [5, 5.41) is 3.64. The normalized spacial score (nSPS) is 21.8. The molecule has 0 N–H and O–H groups in total. The lowest BCUT2D eigenvalue weighted by molar-refractivity contribution is -0.143. The third kappa shape index (κ3) is 3.29. The fourth-order valence-corrected chi connectivity index (χ4v) is 2.33. The number of hydrogen-bond acceptors (Lipinski definition) is 6. The number of carbonyl (C=O) groups excluding carboxylic acids is 1. The molecule has 112 valence electrons. The fourth-order valence-electron chi connectivity index (χ4n) is 2.33. The van der Waals surface area contributed by atoms with Gasteiger partial charge >= 0.3 is 0 Å². The van der Waals surface area contributed by atoms with Crippen LogP contribution >= 0.6 is 0 Å². The first-order valence-corrected chi connectivity index (χ1v) is 6.42. The van der Waals surface area contributed by atoms with Crippen molar-refractivity contribution in [3.63, 3.8) is 0 Å². The summed E-state index contributed by atoms with van der Waals surface area (Å²) in [6, 6.07) is 1.48. The summed E-state index contributed by atoms with van der Waals surface area (Å²) in [6.45, 7) is 5.26. The van der Waals surface area contributed by atoms with Crippen LogP contribution in [0.5, 0.6) is 5.88 Å². The number of amides is 1. The maximum absolute atomic E-state index is 12.4. The van der Waals surface area contributed by atoms with E-state index in [1.807, 2.05) is 13.8 Å². The second kappa shape index (κ2) is 5.80. The molecule has 7 heteroatoms. The molecule has 0 unspecified atom stereocenters. The van der Waals surface area contributed by atoms with Crippen molar-refractivity contribution in [1.29, 1.82) is 0 Å². The van der Waals surface area contributed by atoms with Gasteiger partial charge in [0.05, 0.1) is 31.5 Å². The van der Waals surface area contributed by atoms with E-state index in [-0.39, 0.29) is 23.7 Å². The van der Waals surface area contributed by atoms with Gasteiger partial charge in [-0.25, -0.2) is 0 Å². The zero-order chi connectivity index (χ0) is 14.8. The molecular weight excluding hydrogens is 264 g/mol. The van der Waals surface area contributed by atoms with E-state index in [1.54, 1.807) is 12.0 Å². The van der Waals surface area contributed by atoms with Crippen LogP contribution in [0.2, 0.25) is 0 Å². The second-order valence-corrected chi connectivity index (χ2v) is 5.37. The van der Waals surface area contributed by atoms with Gasteiger partial charge in [0.15, 0.2) is 0 Å². The molecule has 1 aromatic rings. The Morgan fingerprint density at radius 2 is 2.30 bits per heavy atom. The van der Waals surface area contributed by atoms with Gasteiger partial charge in [-0.2, -0.15) is 0 Å². The van der Waals surface area contributed by atoms with E-state index >= 15 is 0 Å². The molecule has 2 rings (SSSR count). The Labute approximate surface area is 117 Å². The Balaban J connectivity index is 2.11. The number of aromatic nitrogens is 1. The number of hydrogen-bond donors (Lipinski definition) is 0. The van der Waals surface area contributed by atoms with Crippen molar-refractivity contribution in [2.24, 2.45) is 0 Å². The van der Waals surface area contributed by atoms with Crippen LogP contribution < -0.4 is 4.74 Å². The highest BCUT2D eigenvalue weighted by Gasteiger charge is 2.37. The molecule has 1 aromatic heterocycles. The van der Waals surface area contributed by atoms with Crippen LogP contribution in [-0.4, -0.2) is 61.6 Å². The summed E-state index contributed by atoms with van der Waals surface area (Å²) in [6.07, 6.45) is -0.155. The van der Waals surface area contributed by atoms with Crippen molar-refractivity contribution in [1.82, 2.24) is 10.1 Å². The summed E-state index contributed by atoms with van der Waals surface area (Å²) in [5.74, 6) is 0.225. The lowest BCUT2D eigenvalue weighted by Gasteiger charge is -2.42. The predicted molar refractivity (Wildman–Crippen MR) is 69.8 cm³/mol. The Kier molecular flexibility index (Phi) is 4.29. The number of rotatable bonds is 4. The van der Waals surface area contributed by atoms with Gasteiger partial charge in [-0.1, -0.05) is 0 Å². The van der Waals surface area contributed by atoms with E-state index in [2.05, 4.69) is 5.16 Å². The molecule has 1 aliphatic heterocycles. The van der Waals surface area contributed by atoms with Crippen LogP contribution in [-0.2, 0) is 9.47 Å². The molecule has 0 radical (unpaired) electrons. The number of carbonyl (C=O) groups is 1. The quantitative estimate of drug-likeness (QED) is 0.819. The highest BCUT2D eigenvalue weighted by atomic mass is 16.5. The number of morpholine rings is 1. The van der Waals surface area contributed by atoms with Gasteiger partial charge in [0.2, 0.25) is 5.76 Å². The van der Waals surface area contributed by atoms with Gasteiger partial charge in [0.1, 0.15) is 0 Å². The van der Waals surface area contributed by atoms with E-state index < -0.39 is 5.60 Å². The van der Waals surface area contributed by atoms with Crippen LogP contribution in [0.1, 0.15) is 24.4 Å². The third-order valence-electron chi connectivity index (χ3n) is 3.03. The van der Waals surface area contributed by atoms with Crippen molar-refractivity contribution in [2.75, 3.05) is 33.9 Å². The van der Waals surface area contributed by atoms with Crippen LogP contribution in [0, 0.1) is 0 Å². The number of ether oxygens (including phenoxy) is 3. The molecule has 7 nitrogen and oxygen atoms in total. The van der Waals surface area contributed by atoms with Gasteiger partial charge in [0, 0.05) is 20.2 Å². The third-order valence-corrected chi connectivity index (χ3v) is 3.03. The van der Waals surface area contributed by atoms with Crippen molar-refractivity contribution < 1.29 is 23.5 Å². The van der Waals surface area contributed by atoms with E-state index in [1.165, 1.54) is 13.2 Å². The molecule has 1 aliphatic rings. The molecule has 1 saturated heterocycles. The fraction of sp³-hybridized carbons (Fsp3) is 0.692. The molecule has 20 heavy (non-hydrogen) atoms. The van der Waals surface area contributed by atoms with Crippen molar-refractivity contribution >= 4 is 5.91 Å². The SMILES string of the molecule is COC[C@@H]1CN(C(=O)c2cc(OC)no2)CC(C)(C)O1. The summed E-state index contributed by atoms with van der Waals surface area (Å²) in [5.41, 5.74) is -0.429. The maximum Gasteiger partial charge on any atom is 0.292 e. The minimum absolute atomic E-state index is 0.155. The summed E-state index contributed by atoms with van der Waals surface area (Å²) >= 11 is 0. The van der Waals surface area contributed by atoms with Crippen molar-refractivity contribution in [3.8, 4) is 5.88 Å². The Morgan fingerprint density at radius 1 is 1.55 bits per heavy atom. The zero-order valence-corrected chi connectivity index (χ0v) is 12.2. The van der Waals surface area contributed by atoms with Crippen molar-refractivity contribution in [3.05, 3.63) is 11.8 Å². The highest BCUT2D eigenvalue weighted by Crippen LogP contribution is 2.23. The summed E-state index contributed by atoms with van der Waals surface area (Å²) in [7, 11) is 3.08. The smallest absolute Gasteiger partial charge is 0.292 e. The Morgan fingerprint density at radius 3 is 2.90 bits per heavy atom. The van der Waals surface area contributed by atoms with Gasteiger partial charge in [-0.05, 0) is 19.0 Å². The largest absolute Gasteiger partial charge is 0.479 e. The van der Waals surface area contributed by atoms with E-state index in [0.29, 0.717) is 19.7 Å². The minimum Gasteiger partial charge on any atom is -0.479 e. The van der Waals surface area contributed by atoms with Gasteiger partial charge in [-0.15, -0.1) is 0 Å². The monoisotopic (exact) mass is 284 g/mol. The Bertz CT molecular complexity index is 471. The predicted octanol–water partition coefficient (Wildman–Crippen LogP) is 0.949. The van der Waals surface area contributed by atoms with E-state index in [9.17, 15) is 4.79 Å². The lowest BCUT2D eigenvalue weighted by atomic mass is 10.0. The number of methoxy groups -OCH3 is 2. The molecule has 0 spiro atoms. The molecule has 0 aromatic carbocycles. The zero-order valence-electron chi connectivity index (χ0n) is 12.2.